The molecule has 1 unspecified atom stereocenters. The van der Waals surface area contributed by atoms with Gasteiger partial charge >= 0.3 is 5.97 Å². The van der Waals surface area contributed by atoms with Gasteiger partial charge in [-0.1, -0.05) is 56.4 Å². The van der Waals surface area contributed by atoms with E-state index in [-0.39, 0.29) is 0 Å². The van der Waals surface area contributed by atoms with Crippen LogP contribution in [0.25, 0.3) is 0 Å². The van der Waals surface area contributed by atoms with Gasteiger partial charge in [0.15, 0.2) is 6.10 Å². The second-order valence-corrected chi connectivity index (χ2v) is 5.07. The van der Waals surface area contributed by atoms with Crippen LogP contribution in [0, 0.1) is 0 Å². The zero-order chi connectivity index (χ0) is 15.1. The number of hydrogen-bond donors (Lipinski definition) is 1. The van der Waals surface area contributed by atoms with E-state index in [4.69, 9.17) is 9.84 Å². The van der Waals surface area contributed by atoms with Gasteiger partial charge in [0, 0.05) is 6.61 Å². The van der Waals surface area contributed by atoms with E-state index >= 15 is 0 Å². The molecule has 0 saturated carbocycles. The van der Waals surface area contributed by atoms with Crippen molar-refractivity contribution in [1.82, 2.24) is 0 Å². The smallest absolute Gasteiger partial charge is 0.332 e. The highest BCUT2D eigenvalue weighted by molar-refractivity contribution is 5.71. The van der Waals surface area contributed by atoms with E-state index < -0.39 is 12.1 Å². The lowest BCUT2D eigenvalue weighted by Crippen LogP contribution is -2.20. The zero-order valence-electron chi connectivity index (χ0n) is 13.0. The van der Waals surface area contributed by atoms with E-state index in [9.17, 15) is 4.79 Å². The number of carbonyl (C=O) groups is 1. The fourth-order valence-corrected chi connectivity index (χ4v) is 1.87. The Kier molecular flexibility index (Phi) is 13.5. The molecule has 0 spiro atoms. The molecule has 3 nitrogen and oxygen atoms in total. The topological polar surface area (TPSA) is 46.5 Å². The van der Waals surface area contributed by atoms with E-state index in [1.165, 1.54) is 38.5 Å². The molecule has 0 saturated heterocycles. The molecule has 0 amide bonds. The molecule has 0 heterocycles. The van der Waals surface area contributed by atoms with Gasteiger partial charge in [0.25, 0.3) is 0 Å². The van der Waals surface area contributed by atoms with Gasteiger partial charge in [-0.15, -0.1) is 0 Å². The van der Waals surface area contributed by atoms with Gasteiger partial charge in [0.05, 0.1) is 0 Å². The van der Waals surface area contributed by atoms with Crippen LogP contribution in [0.1, 0.15) is 65.2 Å². The largest absolute Gasteiger partial charge is 0.479 e. The summed E-state index contributed by atoms with van der Waals surface area (Å²) in [5, 5.41) is 8.64. The molecule has 0 bridgehead atoms. The first-order valence-electron chi connectivity index (χ1n) is 7.80. The number of carboxylic acid groups (broad SMARTS) is 1. The van der Waals surface area contributed by atoms with Crippen LogP contribution in [-0.2, 0) is 9.53 Å². The number of unbranched alkanes of at least 4 members (excludes halogenated alkanes) is 7. The van der Waals surface area contributed by atoms with Crippen molar-refractivity contribution in [1.29, 1.82) is 0 Å². The monoisotopic (exact) mass is 282 g/mol. The van der Waals surface area contributed by atoms with E-state index in [1.807, 2.05) is 13.0 Å². The van der Waals surface area contributed by atoms with Crippen LogP contribution in [0.3, 0.4) is 0 Å². The summed E-state index contributed by atoms with van der Waals surface area (Å²) in [4.78, 5) is 10.5. The fraction of sp³-hybridized carbons (Fsp3) is 0.706. The number of carboxylic acids is 1. The van der Waals surface area contributed by atoms with Crippen LogP contribution in [-0.4, -0.2) is 23.8 Å². The summed E-state index contributed by atoms with van der Waals surface area (Å²) in [6.07, 6.45) is 17.4. The average molecular weight is 282 g/mol. The van der Waals surface area contributed by atoms with Crippen LogP contribution in [0.5, 0.6) is 0 Å². The van der Waals surface area contributed by atoms with Crippen molar-refractivity contribution < 1.29 is 14.6 Å². The molecule has 0 aromatic rings. The van der Waals surface area contributed by atoms with Crippen molar-refractivity contribution in [3.63, 3.8) is 0 Å². The summed E-state index contributed by atoms with van der Waals surface area (Å²) in [5.74, 6) is -0.881. The standard InChI is InChI=1S/C17H30O3/c1-3-4-5-6-7-8-9-10-11-12-13-14-15-20-16(2)17(18)19/h3-6,16H,7-15H2,1-2H3,(H,18,19). The summed E-state index contributed by atoms with van der Waals surface area (Å²) in [7, 11) is 0. The molecular weight excluding hydrogens is 252 g/mol. The molecule has 1 N–H and O–H groups in total. The molecule has 0 aromatic carbocycles. The van der Waals surface area contributed by atoms with Crippen molar-refractivity contribution in [2.24, 2.45) is 0 Å². The summed E-state index contributed by atoms with van der Waals surface area (Å²) in [6.45, 7) is 4.16. The highest BCUT2D eigenvalue weighted by Gasteiger charge is 2.09. The lowest BCUT2D eigenvalue weighted by atomic mass is 10.1. The highest BCUT2D eigenvalue weighted by Crippen LogP contribution is 2.09. The Morgan fingerprint density at radius 1 is 1.05 bits per heavy atom. The van der Waals surface area contributed by atoms with Crippen molar-refractivity contribution >= 4 is 5.97 Å². The first-order valence-corrected chi connectivity index (χ1v) is 7.80. The van der Waals surface area contributed by atoms with E-state index in [1.54, 1.807) is 6.92 Å². The molecule has 0 rings (SSSR count). The number of ether oxygens (including phenoxy) is 1. The summed E-state index contributed by atoms with van der Waals surface area (Å²) in [5.41, 5.74) is 0. The number of hydrogen-bond acceptors (Lipinski definition) is 2. The van der Waals surface area contributed by atoms with Crippen LogP contribution >= 0.6 is 0 Å². The first-order chi connectivity index (χ1) is 9.68. The minimum atomic E-state index is -0.881. The number of aliphatic carboxylic acids is 1. The van der Waals surface area contributed by atoms with Gasteiger partial charge in [0.1, 0.15) is 0 Å². The Morgan fingerprint density at radius 2 is 1.65 bits per heavy atom. The fourth-order valence-electron chi connectivity index (χ4n) is 1.87. The molecule has 0 aliphatic heterocycles. The van der Waals surface area contributed by atoms with Gasteiger partial charge in [-0.25, -0.2) is 4.79 Å². The molecular formula is C17H30O3. The van der Waals surface area contributed by atoms with Gasteiger partial charge in [-0.2, -0.15) is 0 Å². The van der Waals surface area contributed by atoms with Crippen LogP contribution in [0.4, 0.5) is 0 Å². The van der Waals surface area contributed by atoms with Crippen molar-refractivity contribution in [2.75, 3.05) is 6.61 Å². The summed E-state index contributed by atoms with van der Waals surface area (Å²) >= 11 is 0. The summed E-state index contributed by atoms with van der Waals surface area (Å²) in [6, 6.07) is 0. The Balaban J connectivity index is 3.15. The molecule has 3 heteroatoms. The first kappa shape index (κ1) is 18.9. The zero-order valence-corrected chi connectivity index (χ0v) is 13.0. The Bertz CT molecular complexity index is 282. The SMILES string of the molecule is CC=CC=CCCCCCCCCCOC(C)C(=O)O. The molecule has 0 aliphatic rings. The average Bonchev–Trinajstić information content (AvgIpc) is 2.43. The van der Waals surface area contributed by atoms with Gasteiger partial charge in [0.2, 0.25) is 0 Å². The number of allylic oxidation sites excluding steroid dienone is 4. The van der Waals surface area contributed by atoms with Crippen molar-refractivity contribution in [2.45, 2.75) is 71.3 Å². The Morgan fingerprint density at radius 3 is 2.25 bits per heavy atom. The van der Waals surface area contributed by atoms with Crippen LogP contribution in [0.15, 0.2) is 24.3 Å². The van der Waals surface area contributed by atoms with Crippen LogP contribution < -0.4 is 0 Å². The molecule has 0 fully saturated rings. The second kappa shape index (κ2) is 14.3. The minimum Gasteiger partial charge on any atom is -0.479 e. The van der Waals surface area contributed by atoms with Crippen molar-refractivity contribution in [3.05, 3.63) is 24.3 Å². The van der Waals surface area contributed by atoms with Crippen molar-refractivity contribution in [3.8, 4) is 0 Å². The third-order valence-electron chi connectivity index (χ3n) is 3.17. The van der Waals surface area contributed by atoms with Gasteiger partial charge < -0.3 is 9.84 Å². The third-order valence-corrected chi connectivity index (χ3v) is 3.17. The second-order valence-electron chi connectivity index (χ2n) is 5.07. The van der Waals surface area contributed by atoms with E-state index in [2.05, 4.69) is 18.2 Å². The van der Waals surface area contributed by atoms with Crippen LogP contribution in [0.2, 0.25) is 0 Å². The third kappa shape index (κ3) is 13.3. The molecule has 0 aliphatic carbocycles. The lowest BCUT2D eigenvalue weighted by molar-refractivity contribution is -0.149. The Hall–Kier alpha value is -1.09. The van der Waals surface area contributed by atoms with Gasteiger partial charge in [-0.05, 0) is 33.1 Å². The quantitative estimate of drug-likeness (QED) is 0.392. The summed E-state index contributed by atoms with van der Waals surface area (Å²) < 4.78 is 5.18. The highest BCUT2D eigenvalue weighted by atomic mass is 16.5. The molecule has 0 aromatic heterocycles. The maximum atomic E-state index is 10.5. The van der Waals surface area contributed by atoms with Gasteiger partial charge in [-0.3, -0.25) is 0 Å². The maximum absolute atomic E-state index is 10.5. The molecule has 1 atom stereocenters. The van der Waals surface area contributed by atoms with E-state index in [0.29, 0.717) is 6.61 Å². The minimum absolute atomic E-state index is 0.559. The Labute approximate surface area is 123 Å². The predicted molar refractivity (Wildman–Crippen MR) is 83.9 cm³/mol. The number of rotatable bonds is 13. The maximum Gasteiger partial charge on any atom is 0.332 e. The molecule has 116 valence electrons. The molecule has 0 radical (unpaired) electrons. The lowest BCUT2D eigenvalue weighted by Gasteiger charge is -2.07. The normalized spacial score (nSPS) is 13.3. The molecule has 20 heavy (non-hydrogen) atoms. The predicted octanol–water partition coefficient (Wildman–Crippen LogP) is 4.73. The van der Waals surface area contributed by atoms with E-state index in [0.717, 1.165) is 12.8 Å².